The van der Waals surface area contributed by atoms with E-state index < -0.39 is 30.0 Å². The number of carbonyl (C=O) groups excluding carboxylic acids is 2. The Morgan fingerprint density at radius 3 is 2.31 bits per heavy atom. The minimum absolute atomic E-state index is 0.0529. The molecule has 0 radical (unpaired) electrons. The number of hydrogen-bond donors (Lipinski definition) is 0. The van der Waals surface area contributed by atoms with Crippen LogP contribution in [0.15, 0.2) is 90.0 Å². The van der Waals surface area contributed by atoms with E-state index >= 15 is 0 Å². The highest BCUT2D eigenvalue weighted by atomic mass is 16.6. The van der Waals surface area contributed by atoms with Gasteiger partial charge in [-0.2, -0.15) is 0 Å². The third kappa shape index (κ3) is 5.50. The highest BCUT2D eigenvalue weighted by Crippen LogP contribution is 2.36. The molecule has 3 unspecified atom stereocenters. The lowest BCUT2D eigenvalue weighted by Gasteiger charge is -2.30. The predicted octanol–water partition coefficient (Wildman–Crippen LogP) is 6.40. The minimum Gasteiger partial charge on any atom is -0.489 e. The lowest BCUT2D eigenvalue weighted by Crippen LogP contribution is -2.43. The maximum absolute atomic E-state index is 13.7. The summed E-state index contributed by atoms with van der Waals surface area (Å²) in [5, 5.41) is 3.88. The van der Waals surface area contributed by atoms with E-state index in [1.807, 2.05) is 98.8 Å². The zero-order valence-electron chi connectivity index (χ0n) is 20.2. The number of rotatable bonds is 9. The quantitative estimate of drug-likeness (QED) is 0.199. The van der Waals surface area contributed by atoms with E-state index in [2.05, 4.69) is 10.0 Å². The van der Waals surface area contributed by atoms with Gasteiger partial charge in [-0.1, -0.05) is 91.8 Å². The highest BCUT2D eigenvalue weighted by Gasteiger charge is 2.44. The van der Waals surface area contributed by atoms with Gasteiger partial charge >= 0.3 is 6.09 Å². The molecule has 1 fully saturated rings. The Morgan fingerprint density at radius 1 is 1.06 bits per heavy atom. The van der Waals surface area contributed by atoms with Crippen LogP contribution in [0.1, 0.15) is 42.5 Å². The Bertz CT molecular complexity index is 1230. The molecule has 0 aliphatic carbocycles. The van der Waals surface area contributed by atoms with Crippen molar-refractivity contribution in [2.75, 3.05) is 6.61 Å². The van der Waals surface area contributed by atoms with Crippen LogP contribution in [0.3, 0.4) is 0 Å². The van der Waals surface area contributed by atoms with Crippen molar-refractivity contribution in [1.82, 2.24) is 4.90 Å². The zero-order chi connectivity index (χ0) is 25.5. The first-order valence-electron chi connectivity index (χ1n) is 11.8. The number of carbonyl (C=O) groups is 2. The molecule has 3 aromatic rings. The second-order valence-electron chi connectivity index (χ2n) is 8.97. The van der Waals surface area contributed by atoms with Gasteiger partial charge in [0.25, 0.3) is 0 Å². The molecule has 8 nitrogen and oxygen atoms in total. The fraction of sp³-hybridized carbons (Fsp3) is 0.286. The van der Waals surface area contributed by atoms with E-state index in [0.717, 1.165) is 21.6 Å². The van der Waals surface area contributed by atoms with Crippen molar-refractivity contribution in [3.8, 4) is 5.75 Å². The molecule has 3 atom stereocenters. The first-order chi connectivity index (χ1) is 17.5. The number of ether oxygens (including phenoxy) is 2. The summed E-state index contributed by atoms with van der Waals surface area (Å²) in [4.78, 5) is 30.4. The number of hydrogen-bond acceptors (Lipinski definition) is 5. The molecule has 1 aliphatic rings. The van der Waals surface area contributed by atoms with Crippen LogP contribution in [-0.2, 0) is 16.1 Å². The molecule has 1 saturated heterocycles. The maximum Gasteiger partial charge on any atom is 0.417 e. The molecule has 0 saturated carbocycles. The SMILES string of the molecule is CC(C)C(c1ccc(OCc2ccccc2)cc1)C(N=[N+]=[N-])C(=O)N1C(=O)OCC1c1ccccc1. The van der Waals surface area contributed by atoms with Gasteiger partial charge in [-0.15, -0.1) is 0 Å². The normalized spacial score (nSPS) is 16.7. The summed E-state index contributed by atoms with van der Waals surface area (Å²) in [6, 6.07) is 24.8. The topological polar surface area (TPSA) is 105 Å². The van der Waals surface area contributed by atoms with E-state index in [4.69, 9.17) is 9.47 Å². The second kappa shape index (κ2) is 11.4. The van der Waals surface area contributed by atoms with E-state index in [1.165, 1.54) is 0 Å². The lowest BCUT2D eigenvalue weighted by atomic mass is 9.82. The monoisotopic (exact) mass is 484 g/mol. The Kier molecular flexibility index (Phi) is 7.88. The van der Waals surface area contributed by atoms with Gasteiger partial charge in [0.1, 0.15) is 31.0 Å². The Labute approximate surface area is 210 Å². The number of amides is 2. The molecule has 36 heavy (non-hydrogen) atoms. The first-order valence-corrected chi connectivity index (χ1v) is 11.8. The van der Waals surface area contributed by atoms with Crippen LogP contribution in [0.2, 0.25) is 0 Å². The largest absolute Gasteiger partial charge is 0.489 e. The van der Waals surface area contributed by atoms with Gasteiger partial charge in [-0.05, 0) is 40.3 Å². The summed E-state index contributed by atoms with van der Waals surface area (Å²) in [6.45, 7) is 4.40. The predicted molar refractivity (Wildman–Crippen MR) is 135 cm³/mol. The van der Waals surface area contributed by atoms with Crippen molar-refractivity contribution in [1.29, 1.82) is 0 Å². The number of imide groups is 1. The molecule has 0 spiro atoms. The Balaban J connectivity index is 1.58. The van der Waals surface area contributed by atoms with Crippen LogP contribution in [-0.4, -0.2) is 29.5 Å². The van der Waals surface area contributed by atoms with Crippen molar-refractivity contribution in [2.45, 2.75) is 38.5 Å². The number of benzene rings is 3. The highest BCUT2D eigenvalue weighted by molar-refractivity contribution is 5.97. The molecule has 184 valence electrons. The first kappa shape index (κ1) is 24.8. The standard InChI is InChI=1S/C28H28N4O4/c1-19(2)25(22-13-15-23(16-14-22)35-17-20-9-5-3-6-10-20)26(30-31-29)27(33)32-24(18-36-28(32)34)21-11-7-4-8-12-21/h3-16,19,24-26H,17-18H2,1-2H3. The summed E-state index contributed by atoms with van der Waals surface area (Å²) >= 11 is 0. The van der Waals surface area contributed by atoms with Gasteiger partial charge in [0, 0.05) is 10.8 Å². The molecular formula is C28H28N4O4. The fourth-order valence-electron chi connectivity index (χ4n) is 4.52. The fourth-order valence-corrected chi connectivity index (χ4v) is 4.52. The van der Waals surface area contributed by atoms with E-state index in [1.54, 1.807) is 0 Å². The van der Waals surface area contributed by atoms with Crippen molar-refractivity contribution >= 4 is 12.0 Å². The summed E-state index contributed by atoms with van der Waals surface area (Å²) < 4.78 is 11.1. The molecule has 1 heterocycles. The summed E-state index contributed by atoms with van der Waals surface area (Å²) in [5.41, 5.74) is 12.0. The van der Waals surface area contributed by atoms with Crippen molar-refractivity contribution in [3.05, 3.63) is 112 Å². The molecular weight excluding hydrogens is 456 g/mol. The molecule has 4 rings (SSSR count). The minimum atomic E-state index is -1.12. The van der Waals surface area contributed by atoms with Gasteiger partial charge in [0.05, 0.1) is 0 Å². The molecule has 2 amide bonds. The van der Waals surface area contributed by atoms with Gasteiger partial charge in [0.2, 0.25) is 5.91 Å². The van der Waals surface area contributed by atoms with E-state index in [-0.39, 0.29) is 12.5 Å². The molecule has 0 aromatic heterocycles. The van der Waals surface area contributed by atoms with Crippen LogP contribution >= 0.6 is 0 Å². The number of nitrogens with zero attached hydrogens (tertiary/aromatic N) is 4. The maximum atomic E-state index is 13.7. The molecule has 1 aliphatic heterocycles. The zero-order valence-corrected chi connectivity index (χ0v) is 20.2. The summed E-state index contributed by atoms with van der Waals surface area (Å²) in [7, 11) is 0. The smallest absolute Gasteiger partial charge is 0.417 e. The molecule has 0 N–H and O–H groups in total. The van der Waals surface area contributed by atoms with Gasteiger partial charge in [-0.25, -0.2) is 9.69 Å². The van der Waals surface area contributed by atoms with E-state index in [9.17, 15) is 15.1 Å². The van der Waals surface area contributed by atoms with Gasteiger partial charge < -0.3 is 9.47 Å². The lowest BCUT2D eigenvalue weighted by molar-refractivity contribution is -0.131. The van der Waals surface area contributed by atoms with Gasteiger partial charge in [-0.3, -0.25) is 4.79 Å². The van der Waals surface area contributed by atoms with Crippen LogP contribution in [0.25, 0.3) is 10.4 Å². The van der Waals surface area contributed by atoms with Gasteiger partial charge in [0.15, 0.2) is 0 Å². The molecule has 8 heteroatoms. The van der Waals surface area contributed by atoms with Crippen LogP contribution < -0.4 is 4.74 Å². The Hall–Kier alpha value is -4.29. The average molecular weight is 485 g/mol. The van der Waals surface area contributed by atoms with Crippen molar-refractivity contribution in [2.24, 2.45) is 11.0 Å². The van der Waals surface area contributed by atoms with Crippen LogP contribution in [0.4, 0.5) is 4.79 Å². The van der Waals surface area contributed by atoms with E-state index in [0.29, 0.717) is 12.4 Å². The Morgan fingerprint density at radius 2 is 1.69 bits per heavy atom. The average Bonchev–Trinajstić information content (AvgIpc) is 3.29. The van der Waals surface area contributed by atoms with Crippen molar-refractivity contribution in [3.63, 3.8) is 0 Å². The summed E-state index contributed by atoms with van der Waals surface area (Å²) in [5.74, 6) is -0.410. The second-order valence-corrected chi connectivity index (χ2v) is 8.97. The number of azide groups is 1. The third-order valence-electron chi connectivity index (χ3n) is 6.30. The third-order valence-corrected chi connectivity index (χ3v) is 6.30. The van der Waals surface area contributed by atoms with Crippen molar-refractivity contribution < 1.29 is 19.1 Å². The number of cyclic esters (lactones) is 1. The molecule has 3 aromatic carbocycles. The van der Waals surface area contributed by atoms with Crippen LogP contribution in [0, 0.1) is 5.92 Å². The van der Waals surface area contributed by atoms with Crippen LogP contribution in [0.5, 0.6) is 5.75 Å². The molecule has 0 bridgehead atoms. The summed E-state index contributed by atoms with van der Waals surface area (Å²) in [6.07, 6.45) is -0.737.